The van der Waals surface area contributed by atoms with E-state index in [-0.39, 0.29) is 6.04 Å². The molecule has 0 radical (unpaired) electrons. The van der Waals surface area contributed by atoms with Gasteiger partial charge in [0.1, 0.15) is 11.4 Å². The summed E-state index contributed by atoms with van der Waals surface area (Å²) < 4.78 is 28.0. The molecule has 2 aromatic carbocycles. The van der Waals surface area contributed by atoms with Gasteiger partial charge in [-0.15, -0.1) is 0 Å². The van der Waals surface area contributed by atoms with Crippen LogP contribution in [0.5, 0.6) is 23.0 Å². The zero-order chi connectivity index (χ0) is 25.0. The van der Waals surface area contributed by atoms with E-state index in [0.29, 0.717) is 30.1 Å². The Labute approximate surface area is 202 Å². The van der Waals surface area contributed by atoms with Crippen molar-refractivity contribution in [3.05, 3.63) is 52.6 Å². The summed E-state index contributed by atoms with van der Waals surface area (Å²) in [6.07, 6.45) is 2.94. The van der Waals surface area contributed by atoms with Gasteiger partial charge >= 0.3 is 6.09 Å². The van der Waals surface area contributed by atoms with E-state index in [4.69, 9.17) is 23.7 Å². The van der Waals surface area contributed by atoms with E-state index in [1.54, 1.807) is 28.4 Å². The predicted molar refractivity (Wildman–Crippen MR) is 132 cm³/mol. The van der Waals surface area contributed by atoms with Crippen molar-refractivity contribution in [2.45, 2.75) is 52.2 Å². The van der Waals surface area contributed by atoms with Crippen LogP contribution in [0, 0.1) is 6.92 Å². The highest BCUT2D eigenvalue weighted by Crippen LogP contribution is 2.47. The normalized spacial score (nSPS) is 15.4. The fourth-order valence-electron chi connectivity index (χ4n) is 4.25. The third kappa shape index (κ3) is 5.41. The van der Waals surface area contributed by atoms with Crippen LogP contribution in [0.2, 0.25) is 0 Å². The lowest BCUT2D eigenvalue weighted by Gasteiger charge is -2.22. The lowest BCUT2D eigenvalue weighted by Crippen LogP contribution is -2.38. The molecule has 0 saturated carbocycles. The van der Waals surface area contributed by atoms with E-state index in [0.717, 1.165) is 33.6 Å². The highest BCUT2D eigenvalue weighted by molar-refractivity contribution is 5.86. The van der Waals surface area contributed by atoms with E-state index in [2.05, 4.69) is 17.5 Å². The molecule has 0 fully saturated rings. The summed E-state index contributed by atoms with van der Waals surface area (Å²) in [5, 5.41) is 3.02. The SMILES string of the molecule is COc1ccc(C2=C[C@H](NC(=O)OC(C)(C)C)CCc3c2cc(OC)c(OC)c3OC)cc1C. The fraction of sp³-hybridized carbons (Fsp3) is 0.444. The van der Waals surface area contributed by atoms with Crippen molar-refractivity contribution < 1.29 is 28.5 Å². The van der Waals surface area contributed by atoms with Crippen molar-refractivity contribution in [2.75, 3.05) is 28.4 Å². The minimum Gasteiger partial charge on any atom is -0.496 e. The third-order valence-corrected chi connectivity index (χ3v) is 5.70. The first-order valence-electron chi connectivity index (χ1n) is 11.3. The second-order valence-electron chi connectivity index (χ2n) is 9.23. The number of rotatable bonds is 6. The van der Waals surface area contributed by atoms with Crippen molar-refractivity contribution in [3.8, 4) is 23.0 Å². The molecule has 3 rings (SSSR count). The van der Waals surface area contributed by atoms with Gasteiger partial charge in [0, 0.05) is 5.56 Å². The summed E-state index contributed by atoms with van der Waals surface area (Å²) in [4.78, 5) is 12.6. The molecule has 1 amide bonds. The Morgan fingerprint density at radius 3 is 2.18 bits per heavy atom. The van der Waals surface area contributed by atoms with Gasteiger partial charge in [-0.25, -0.2) is 4.79 Å². The van der Waals surface area contributed by atoms with E-state index in [1.807, 2.05) is 45.9 Å². The first kappa shape index (κ1) is 25.3. The number of aryl methyl sites for hydroxylation is 1. The smallest absolute Gasteiger partial charge is 0.408 e. The lowest BCUT2D eigenvalue weighted by molar-refractivity contribution is 0.0513. The maximum absolute atomic E-state index is 12.6. The molecule has 0 saturated heterocycles. The molecule has 184 valence electrons. The Hall–Kier alpha value is -3.35. The van der Waals surface area contributed by atoms with Crippen LogP contribution < -0.4 is 24.3 Å². The minimum atomic E-state index is -0.582. The van der Waals surface area contributed by atoms with Crippen LogP contribution in [-0.2, 0) is 11.2 Å². The Morgan fingerprint density at radius 1 is 0.941 bits per heavy atom. The van der Waals surface area contributed by atoms with Crippen LogP contribution in [0.15, 0.2) is 30.3 Å². The maximum atomic E-state index is 12.6. The third-order valence-electron chi connectivity index (χ3n) is 5.70. The van der Waals surface area contributed by atoms with E-state index >= 15 is 0 Å². The Bertz CT molecular complexity index is 1080. The largest absolute Gasteiger partial charge is 0.496 e. The van der Waals surface area contributed by atoms with Gasteiger partial charge in [-0.05, 0) is 81.0 Å². The Kier molecular flexibility index (Phi) is 7.64. The van der Waals surface area contributed by atoms with E-state index in [1.165, 1.54) is 0 Å². The van der Waals surface area contributed by atoms with Gasteiger partial charge in [0.25, 0.3) is 0 Å². The van der Waals surface area contributed by atoms with Gasteiger partial charge in [0.05, 0.1) is 34.5 Å². The molecule has 7 nitrogen and oxygen atoms in total. The predicted octanol–water partition coefficient (Wildman–Crippen LogP) is 5.30. The van der Waals surface area contributed by atoms with Crippen LogP contribution in [-0.4, -0.2) is 46.2 Å². The molecule has 0 unspecified atom stereocenters. The Balaban J connectivity index is 2.17. The van der Waals surface area contributed by atoms with Crippen LogP contribution >= 0.6 is 0 Å². The molecule has 0 heterocycles. The van der Waals surface area contributed by atoms with Gasteiger partial charge in [-0.2, -0.15) is 0 Å². The minimum absolute atomic E-state index is 0.249. The number of amides is 1. The number of methoxy groups -OCH3 is 4. The molecule has 1 N–H and O–H groups in total. The zero-order valence-corrected chi connectivity index (χ0v) is 21.3. The number of benzene rings is 2. The van der Waals surface area contributed by atoms with Crippen molar-refractivity contribution >= 4 is 11.7 Å². The molecule has 7 heteroatoms. The molecule has 0 aliphatic heterocycles. The molecule has 1 atom stereocenters. The summed E-state index contributed by atoms with van der Waals surface area (Å²) >= 11 is 0. The van der Waals surface area contributed by atoms with Crippen molar-refractivity contribution in [1.29, 1.82) is 0 Å². The van der Waals surface area contributed by atoms with Crippen LogP contribution in [0.1, 0.15) is 49.4 Å². The summed E-state index contributed by atoms with van der Waals surface area (Å²) in [6, 6.07) is 7.76. The zero-order valence-electron chi connectivity index (χ0n) is 21.3. The molecule has 34 heavy (non-hydrogen) atoms. The molecular formula is C27H35NO6. The number of fused-ring (bicyclic) bond motifs is 1. The number of alkyl carbamates (subject to hydrolysis) is 1. The van der Waals surface area contributed by atoms with Gasteiger partial charge in [-0.1, -0.05) is 12.1 Å². The molecular weight excluding hydrogens is 434 g/mol. The summed E-state index contributed by atoms with van der Waals surface area (Å²) in [5.41, 5.74) is 4.34. The summed E-state index contributed by atoms with van der Waals surface area (Å²) in [5.74, 6) is 2.57. The van der Waals surface area contributed by atoms with Crippen molar-refractivity contribution in [3.63, 3.8) is 0 Å². The Morgan fingerprint density at radius 2 is 1.62 bits per heavy atom. The lowest BCUT2D eigenvalue weighted by atomic mass is 9.91. The van der Waals surface area contributed by atoms with Crippen molar-refractivity contribution in [2.24, 2.45) is 0 Å². The summed E-state index contributed by atoms with van der Waals surface area (Å²) in [6.45, 7) is 7.55. The number of hydrogen-bond donors (Lipinski definition) is 1. The van der Waals surface area contributed by atoms with Gasteiger partial charge in [0.2, 0.25) is 5.75 Å². The van der Waals surface area contributed by atoms with Crippen LogP contribution in [0.4, 0.5) is 4.79 Å². The molecule has 1 aliphatic carbocycles. The standard InChI is InChI=1S/C27H35NO6/c1-16-13-17(9-12-22(16)30-5)20-14-18(28-26(29)34-27(2,3)4)10-11-19-21(20)15-23(31-6)25(33-8)24(19)32-7/h9,12-15,18H,10-11H2,1-8H3,(H,28,29)/t18-/m1/s1. The molecule has 0 bridgehead atoms. The molecule has 1 aliphatic rings. The van der Waals surface area contributed by atoms with Crippen LogP contribution in [0.3, 0.4) is 0 Å². The number of carbonyl (C=O) groups excluding carboxylic acids is 1. The highest BCUT2D eigenvalue weighted by Gasteiger charge is 2.28. The number of nitrogens with one attached hydrogen (secondary N) is 1. The monoisotopic (exact) mass is 469 g/mol. The average molecular weight is 470 g/mol. The first-order valence-corrected chi connectivity index (χ1v) is 11.3. The van der Waals surface area contributed by atoms with Gasteiger partial charge in [-0.3, -0.25) is 0 Å². The maximum Gasteiger partial charge on any atom is 0.408 e. The second-order valence-corrected chi connectivity index (χ2v) is 9.23. The van der Waals surface area contributed by atoms with Crippen LogP contribution in [0.25, 0.3) is 5.57 Å². The highest BCUT2D eigenvalue weighted by atomic mass is 16.6. The average Bonchev–Trinajstić information content (AvgIpc) is 2.95. The van der Waals surface area contributed by atoms with Crippen molar-refractivity contribution in [1.82, 2.24) is 5.32 Å². The van der Waals surface area contributed by atoms with Gasteiger partial charge in [0.15, 0.2) is 11.5 Å². The van der Waals surface area contributed by atoms with E-state index < -0.39 is 11.7 Å². The molecule has 0 spiro atoms. The topological polar surface area (TPSA) is 75.3 Å². The second kappa shape index (κ2) is 10.3. The summed E-state index contributed by atoms with van der Waals surface area (Å²) in [7, 11) is 6.49. The molecule has 0 aromatic heterocycles. The number of ether oxygens (including phenoxy) is 5. The first-order chi connectivity index (χ1) is 16.1. The fourth-order valence-corrected chi connectivity index (χ4v) is 4.25. The quantitative estimate of drug-likeness (QED) is 0.619. The van der Waals surface area contributed by atoms with Gasteiger partial charge < -0.3 is 29.0 Å². The van der Waals surface area contributed by atoms with E-state index in [9.17, 15) is 4.79 Å². The molecule has 2 aromatic rings. The number of hydrogen-bond acceptors (Lipinski definition) is 6. The number of carbonyl (C=O) groups is 1.